The van der Waals surface area contributed by atoms with E-state index in [4.69, 9.17) is 0 Å². The molecule has 0 bridgehead atoms. The molecule has 0 fully saturated rings. The van der Waals surface area contributed by atoms with E-state index in [0.29, 0.717) is 16.7 Å². The van der Waals surface area contributed by atoms with Gasteiger partial charge >= 0.3 is 5.69 Å². The van der Waals surface area contributed by atoms with E-state index in [2.05, 4.69) is 21.6 Å². The largest absolute Gasteiger partial charge is 0.323 e. The minimum absolute atomic E-state index is 0.0975. The van der Waals surface area contributed by atoms with Crippen LogP contribution in [0.15, 0.2) is 52.2 Å². The van der Waals surface area contributed by atoms with E-state index >= 15 is 0 Å². The van der Waals surface area contributed by atoms with Crippen LogP contribution in [0.2, 0.25) is 0 Å². The maximum absolute atomic E-state index is 12.5. The van der Waals surface area contributed by atoms with Gasteiger partial charge in [0.15, 0.2) is 0 Å². The molecular weight excluding hydrogens is 326 g/mol. The summed E-state index contributed by atoms with van der Waals surface area (Å²) < 4.78 is 27.6. The molecule has 1 aromatic heterocycles. The summed E-state index contributed by atoms with van der Waals surface area (Å²) >= 11 is 0. The highest BCUT2D eigenvalue weighted by Gasteiger charge is 2.15. The third-order valence-electron chi connectivity index (χ3n) is 3.82. The Balaban J connectivity index is 1.82. The lowest BCUT2D eigenvalue weighted by atomic mass is 10.1. The second-order valence-electron chi connectivity index (χ2n) is 5.69. The molecule has 0 radical (unpaired) electrons. The Kier molecular flexibility index (Phi) is 4.44. The number of aryl methyl sites for hydroxylation is 1. The summed E-state index contributed by atoms with van der Waals surface area (Å²) in [6.07, 6.45) is 3.22. The van der Waals surface area contributed by atoms with Crippen LogP contribution in [0, 0.1) is 0 Å². The molecule has 1 heterocycles. The van der Waals surface area contributed by atoms with Crippen molar-refractivity contribution in [3.63, 3.8) is 0 Å². The quantitative estimate of drug-likeness (QED) is 0.641. The predicted molar refractivity (Wildman–Crippen MR) is 94.8 cm³/mol. The molecule has 0 saturated carbocycles. The number of rotatable bonds is 6. The van der Waals surface area contributed by atoms with Crippen LogP contribution in [0.4, 0.5) is 5.69 Å². The van der Waals surface area contributed by atoms with Crippen molar-refractivity contribution in [3.8, 4) is 0 Å². The van der Waals surface area contributed by atoms with Crippen molar-refractivity contribution >= 4 is 26.7 Å². The van der Waals surface area contributed by atoms with Crippen LogP contribution < -0.4 is 10.4 Å². The molecule has 6 nitrogen and oxygen atoms in total. The summed E-state index contributed by atoms with van der Waals surface area (Å²) in [5.41, 5.74) is 2.36. The Bertz CT molecular complexity index is 1000. The van der Waals surface area contributed by atoms with Crippen molar-refractivity contribution < 1.29 is 8.42 Å². The molecule has 3 N–H and O–H groups in total. The summed E-state index contributed by atoms with van der Waals surface area (Å²) in [6, 6.07) is 11.9. The number of imidazole rings is 1. The lowest BCUT2D eigenvalue weighted by Gasteiger charge is -2.09. The molecule has 0 unspecified atom stereocenters. The summed E-state index contributed by atoms with van der Waals surface area (Å²) in [4.78, 5) is 16.5. The summed E-state index contributed by atoms with van der Waals surface area (Å²) in [6.45, 7) is 2.14. The van der Waals surface area contributed by atoms with Gasteiger partial charge in [0.05, 0.1) is 15.9 Å². The predicted octanol–water partition coefficient (Wildman–Crippen LogP) is 3.00. The van der Waals surface area contributed by atoms with Gasteiger partial charge in [-0.25, -0.2) is 13.2 Å². The zero-order valence-electron chi connectivity index (χ0n) is 13.3. The van der Waals surface area contributed by atoms with Gasteiger partial charge in [-0.2, -0.15) is 0 Å². The number of aromatic amines is 2. The number of benzene rings is 2. The van der Waals surface area contributed by atoms with E-state index < -0.39 is 10.0 Å². The highest BCUT2D eigenvalue weighted by atomic mass is 32.2. The first-order chi connectivity index (χ1) is 11.5. The summed E-state index contributed by atoms with van der Waals surface area (Å²) in [5.74, 6) is 0. The van der Waals surface area contributed by atoms with Crippen LogP contribution in [-0.4, -0.2) is 18.4 Å². The third kappa shape index (κ3) is 3.51. The molecule has 3 rings (SSSR count). The second kappa shape index (κ2) is 6.52. The lowest BCUT2D eigenvalue weighted by molar-refractivity contribution is 0.601. The van der Waals surface area contributed by atoms with Crippen LogP contribution >= 0.6 is 0 Å². The second-order valence-corrected chi connectivity index (χ2v) is 7.37. The van der Waals surface area contributed by atoms with Crippen molar-refractivity contribution in [1.82, 2.24) is 9.97 Å². The van der Waals surface area contributed by atoms with E-state index in [1.165, 1.54) is 17.7 Å². The van der Waals surface area contributed by atoms with E-state index in [1.807, 2.05) is 12.1 Å². The van der Waals surface area contributed by atoms with Crippen molar-refractivity contribution in [2.45, 2.75) is 31.1 Å². The Morgan fingerprint density at radius 1 is 1.00 bits per heavy atom. The molecule has 0 aliphatic rings. The molecule has 126 valence electrons. The summed E-state index contributed by atoms with van der Waals surface area (Å²) in [5, 5.41) is 0. The Hall–Kier alpha value is -2.54. The molecule has 2 aromatic carbocycles. The number of H-pyrrole nitrogens is 2. The van der Waals surface area contributed by atoms with Gasteiger partial charge in [0, 0.05) is 5.69 Å². The van der Waals surface area contributed by atoms with Crippen LogP contribution in [0.25, 0.3) is 11.0 Å². The molecule has 0 atom stereocenters. The van der Waals surface area contributed by atoms with Gasteiger partial charge in [-0.3, -0.25) is 4.72 Å². The third-order valence-corrected chi connectivity index (χ3v) is 5.20. The number of aromatic nitrogens is 2. The molecule has 7 heteroatoms. The molecule has 0 amide bonds. The normalized spacial score (nSPS) is 11.7. The number of nitrogens with one attached hydrogen (secondary N) is 3. The van der Waals surface area contributed by atoms with E-state index in [0.717, 1.165) is 19.3 Å². The van der Waals surface area contributed by atoms with Crippen LogP contribution in [-0.2, 0) is 16.4 Å². The topological polar surface area (TPSA) is 94.8 Å². The van der Waals surface area contributed by atoms with Crippen molar-refractivity contribution in [2.75, 3.05) is 4.72 Å². The van der Waals surface area contributed by atoms with Gasteiger partial charge in [-0.1, -0.05) is 25.5 Å². The van der Waals surface area contributed by atoms with Gasteiger partial charge in [-0.05, 0) is 48.7 Å². The Morgan fingerprint density at radius 2 is 1.71 bits per heavy atom. The fourth-order valence-corrected chi connectivity index (χ4v) is 3.60. The monoisotopic (exact) mass is 345 g/mol. The van der Waals surface area contributed by atoms with E-state index in [-0.39, 0.29) is 10.6 Å². The molecule has 0 saturated heterocycles. The average molecular weight is 345 g/mol. The van der Waals surface area contributed by atoms with Gasteiger partial charge in [0.25, 0.3) is 10.0 Å². The van der Waals surface area contributed by atoms with Crippen molar-refractivity contribution in [2.24, 2.45) is 0 Å². The molecule has 24 heavy (non-hydrogen) atoms. The lowest BCUT2D eigenvalue weighted by Crippen LogP contribution is -2.12. The minimum Gasteiger partial charge on any atom is -0.306 e. The Morgan fingerprint density at radius 3 is 2.42 bits per heavy atom. The number of hydrogen-bond acceptors (Lipinski definition) is 3. The average Bonchev–Trinajstić information content (AvgIpc) is 2.93. The number of sulfonamides is 1. The zero-order chi connectivity index (χ0) is 17.2. The van der Waals surface area contributed by atoms with Crippen LogP contribution in [0.5, 0.6) is 0 Å². The SMILES string of the molecule is CCCCc1ccc(NS(=O)(=O)c2ccc3[nH]c(=O)[nH]c3c2)cc1. The molecule has 0 aliphatic carbocycles. The van der Waals surface area contributed by atoms with Crippen LogP contribution in [0.1, 0.15) is 25.3 Å². The first-order valence-corrected chi connectivity index (χ1v) is 9.30. The molecular formula is C17H19N3O3S. The highest BCUT2D eigenvalue weighted by Crippen LogP contribution is 2.19. The maximum atomic E-state index is 12.5. The molecule has 0 spiro atoms. The number of hydrogen-bond donors (Lipinski definition) is 3. The fraction of sp³-hybridized carbons (Fsp3) is 0.235. The zero-order valence-corrected chi connectivity index (χ0v) is 14.1. The Labute approximate surface area is 140 Å². The first-order valence-electron chi connectivity index (χ1n) is 7.82. The molecule has 0 aliphatic heterocycles. The van der Waals surface area contributed by atoms with E-state index in [1.54, 1.807) is 18.2 Å². The minimum atomic E-state index is -3.71. The van der Waals surface area contributed by atoms with Crippen molar-refractivity contribution in [1.29, 1.82) is 0 Å². The van der Waals surface area contributed by atoms with Gasteiger partial charge < -0.3 is 9.97 Å². The van der Waals surface area contributed by atoms with Gasteiger partial charge in [-0.15, -0.1) is 0 Å². The smallest absolute Gasteiger partial charge is 0.306 e. The fourth-order valence-electron chi connectivity index (χ4n) is 2.51. The number of anilines is 1. The number of unbranched alkanes of at least 4 members (excludes halogenated alkanes) is 1. The van der Waals surface area contributed by atoms with Crippen molar-refractivity contribution in [3.05, 3.63) is 58.5 Å². The number of fused-ring (bicyclic) bond motifs is 1. The van der Waals surface area contributed by atoms with E-state index in [9.17, 15) is 13.2 Å². The molecule has 3 aromatic rings. The van der Waals surface area contributed by atoms with Crippen LogP contribution in [0.3, 0.4) is 0 Å². The van der Waals surface area contributed by atoms with Gasteiger partial charge in [0.2, 0.25) is 0 Å². The standard InChI is InChI=1S/C17H19N3O3S/c1-2-3-4-12-5-7-13(8-6-12)20-24(22,23)14-9-10-15-16(11-14)19-17(21)18-15/h5-11,20H,2-4H2,1H3,(H2,18,19,21). The van der Waals surface area contributed by atoms with Gasteiger partial charge in [0.1, 0.15) is 0 Å². The first kappa shape index (κ1) is 16.3. The summed E-state index contributed by atoms with van der Waals surface area (Å²) in [7, 11) is -3.71. The highest BCUT2D eigenvalue weighted by molar-refractivity contribution is 7.92. The maximum Gasteiger partial charge on any atom is 0.323 e.